The average Bonchev–Trinajstić information content (AvgIpc) is 2.88. The van der Waals surface area contributed by atoms with Gasteiger partial charge in [0.25, 0.3) is 0 Å². The number of phenols is 1. The minimum absolute atomic E-state index is 0.0264. The number of hydrogen-bond acceptors (Lipinski definition) is 1. The Balaban J connectivity index is 1.80. The van der Waals surface area contributed by atoms with Gasteiger partial charge in [0, 0.05) is 16.1 Å². The molecule has 0 bridgehead atoms. The Labute approximate surface area is 241 Å². The molecule has 0 unspecified atom stereocenters. The Kier molecular flexibility index (Phi) is 9.05. The van der Waals surface area contributed by atoms with Crippen LogP contribution in [0.2, 0.25) is 5.02 Å². The van der Waals surface area contributed by atoms with Crippen molar-refractivity contribution in [3.8, 4) is 5.75 Å². The number of halogens is 1. The van der Waals surface area contributed by atoms with Crippen LogP contribution in [0.1, 0.15) is 74.9 Å². The highest BCUT2D eigenvalue weighted by Gasteiger charge is 2.24. The van der Waals surface area contributed by atoms with Crippen molar-refractivity contribution in [2.75, 3.05) is 0 Å². The summed E-state index contributed by atoms with van der Waals surface area (Å²) in [5.41, 5.74) is 6.66. The van der Waals surface area contributed by atoms with Gasteiger partial charge in [-0.25, -0.2) is 0 Å². The zero-order valence-corrected chi connectivity index (χ0v) is 25.7. The lowest BCUT2D eigenvalue weighted by atomic mass is 9.79. The maximum atomic E-state index is 11.3. The standard InChI is InChI=1S/C36H40ClOP/c1-35(2,3)30-21-29(34(38)32(22-30)36(4,5)6)18-17-28-19-20-31(37)23-33(28)39(24-26-13-9-7-10-14-26)25-27-15-11-8-12-16-27/h7-23,38H,24-25H2,1-6H3/b18-17+. The molecule has 202 valence electrons. The number of phenolic OH excluding ortho intramolecular Hbond substituents is 1. The monoisotopic (exact) mass is 554 g/mol. The van der Waals surface area contributed by atoms with Gasteiger partial charge in [-0.1, -0.05) is 146 Å². The summed E-state index contributed by atoms with van der Waals surface area (Å²) in [4.78, 5) is 0. The van der Waals surface area contributed by atoms with Gasteiger partial charge in [-0.3, -0.25) is 0 Å². The Hall–Kier alpha value is -2.86. The van der Waals surface area contributed by atoms with Gasteiger partial charge < -0.3 is 5.11 Å². The van der Waals surface area contributed by atoms with E-state index in [0.717, 1.165) is 34.0 Å². The zero-order chi connectivity index (χ0) is 28.2. The highest BCUT2D eigenvalue weighted by Crippen LogP contribution is 2.44. The first-order valence-electron chi connectivity index (χ1n) is 13.6. The summed E-state index contributed by atoms with van der Waals surface area (Å²) >= 11 is 6.60. The van der Waals surface area contributed by atoms with Crippen LogP contribution in [0.15, 0.2) is 91.0 Å². The third-order valence-electron chi connectivity index (χ3n) is 7.02. The van der Waals surface area contributed by atoms with Crippen LogP contribution in [0, 0.1) is 0 Å². The van der Waals surface area contributed by atoms with E-state index in [4.69, 9.17) is 11.6 Å². The third kappa shape index (κ3) is 7.63. The minimum Gasteiger partial charge on any atom is -0.507 e. The lowest BCUT2D eigenvalue weighted by Gasteiger charge is -2.27. The van der Waals surface area contributed by atoms with Crippen LogP contribution in [0.25, 0.3) is 12.2 Å². The molecule has 0 amide bonds. The molecule has 0 fully saturated rings. The normalized spacial score (nSPS) is 12.4. The molecule has 4 rings (SSSR count). The molecule has 0 saturated heterocycles. The first kappa shape index (κ1) is 29.1. The van der Waals surface area contributed by atoms with Gasteiger partial charge in [0.2, 0.25) is 0 Å². The zero-order valence-electron chi connectivity index (χ0n) is 24.0. The SMILES string of the molecule is CC(C)(C)c1cc(/C=C/c2ccc(Cl)cc2P(Cc2ccccc2)Cc2ccccc2)c(O)c(C(C)(C)C)c1. The summed E-state index contributed by atoms with van der Waals surface area (Å²) in [7, 11) is -0.581. The molecular formula is C36H40ClOP. The van der Waals surface area contributed by atoms with E-state index < -0.39 is 7.92 Å². The summed E-state index contributed by atoms with van der Waals surface area (Å²) in [5.74, 6) is 0.359. The molecule has 0 aromatic heterocycles. The number of aromatic hydroxyl groups is 1. The maximum absolute atomic E-state index is 11.3. The summed E-state index contributed by atoms with van der Waals surface area (Å²) in [6.45, 7) is 13.1. The second kappa shape index (κ2) is 12.1. The minimum atomic E-state index is -0.581. The molecule has 3 heteroatoms. The van der Waals surface area contributed by atoms with Crippen LogP contribution in [0.5, 0.6) is 5.75 Å². The van der Waals surface area contributed by atoms with Crippen molar-refractivity contribution in [3.63, 3.8) is 0 Å². The fraction of sp³-hybridized carbons (Fsp3) is 0.278. The molecule has 0 aliphatic carbocycles. The molecule has 0 atom stereocenters. The molecule has 0 heterocycles. The van der Waals surface area contributed by atoms with Crippen LogP contribution in [-0.4, -0.2) is 5.11 Å². The molecule has 4 aromatic rings. The van der Waals surface area contributed by atoms with Crippen LogP contribution in [0.4, 0.5) is 0 Å². The van der Waals surface area contributed by atoms with Crippen molar-refractivity contribution >= 4 is 37.0 Å². The van der Waals surface area contributed by atoms with Gasteiger partial charge in [-0.15, -0.1) is 0 Å². The van der Waals surface area contributed by atoms with E-state index >= 15 is 0 Å². The maximum Gasteiger partial charge on any atom is 0.126 e. The van der Waals surface area contributed by atoms with E-state index in [1.165, 1.54) is 22.0 Å². The lowest BCUT2D eigenvalue weighted by Crippen LogP contribution is -2.17. The van der Waals surface area contributed by atoms with Gasteiger partial charge >= 0.3 is 0 Å². The predicted octanol–water partition coefficient (Wildman–Crippen LogP) is 10.3. The fourth-order valence-corrected chi connectivity index (χ4v) is 7.57. The van der Waals surface area contributed by atoms with Crippen molar-refractivity contribution in [2.45, 2.75) is 64.7 Å². The van der Waals surface area contributed by atoms with Gasteiger partial charge in [0.15, 0.2) is 0 Å². The average molecular weight is 555 g/mol. The first-order valence-corrected chi connectivity index (χ1v) is 15.7. The lowest BCUT2D eigenvalue weighted by molar-refractivity contribution is 0.443. The molecule has 0 radical (unpaired) electrons. The number of benzene rings is 4. The molecule has 39 heavy (non-hydrogen) atoms. The second-order valence-corrected chi connectivity index (χ2v) is 15.0. The Bertz CT molecular complexity index is 1390. The molecule has 0 spiro atoms. The molecule has 0 saturated carbocycles. The summed E-state index contributed by atoms with van der Waals surface area (Å²) in [5, 5.41) is 13.4. The summed E-state index contributed by atoms with van der Waals surface area (Å²) in [6.07, 6.45) is 6.19. The Morgan fingerprint density at radius 1 is 0.667 bits per heavy atom. The highest BCUT2D eigenvalue weighted by molar-refractivity contribution is 7.64. The van der Waals surface area contributed by atoms with Gasteiger partial charge in [0.1, 0.15) is 5.75 Å². The van der Waals surface area contributed by atoms with E-state index in [1.807, 2.05) is 6.07 Å². The fourth-order valence-electron chi connectivity index (χ4n) is 4.73. The van der Waals surface area contributed by atoms with Crippen molar-refractivity contribution in [1.29, 1.82) is 0 Å². The molecule has 0 aliphatic rings. The first-order chi connectivity index (χ1) is 18.4. The van der Waals surface area contributed by atoms with E-state index in [-0.39, 0.29) is 10.8 Å². The number of hydrogen-bond donors (Lipinski definition) is 1. The summed E-state index contributed by atoms with van der Waals surface area (Å²) in [6, 6.07) is 32.0. The second-order valence-electron chi connectivity index (χ2n) is 12.3. The van der Waals surface area contributed by atoms with E-state index in [2.05, 4.69) is 139 Å². The van der Waals surface area contributed by atoms with Crippen LogP contribution >= 0.6 is 19.5 Å². The van der Waals surface area contributed by atoms with E-state index in [0.29, 0.717) is 5.75 Å². The predicted molar refractivity (Wildman–Crippen MR) is 173 cm³/mol. The van der Waals surface area contributed by atoms with Gasteiger partial charge in [-0.05, 0) is 68.9 Å². The molecular weight excluding hydrogens is 515 g/mol. The van der Waals surface area contributed by atoms with Gasteiger partial charge in [0.05, 0.1) is 0 Å². The van der Waals surface area contributed by atoms with Crippen LogP contribution < -0.4 is 5.30 Å². The Morgan fingerprint density at radius 2 is 1.21 bits per heavy atom. The topological polar surface area (TPSA) is 20.2 Å². The molecule has 4 aromatic carbocycles. The van der Waals surface area contributed by atoms with Crippen molar-refractivity contribution in [2.24, 2.45) is 0 Å². The van der Waals surface area contributed by atoms with E-state index in [1.54, 1.807) is 0 Å². The molecule has 1 nitrogen and oxygen atoms in total. The summed E-state index contributed by atoms with van der Waals surface area (Å²) < 4.78 is 0. The van der Waals surface area contributed by atoms with Gasteiger partial charge in [-0.2, -0.15) is 0 Å². The van der Waals surface area contributed by atoms with Crippen molar-refractivity contribution < 1.29 is 5.11 Å². The largest absolute Gasteiger partial charge is 0.507 e. The number of rotatable bonds is 7. The molecule has 1 N–H and O–H groups in total. The van der Waals surface area contributed by atoms with Crippen molar-refractivity contribution in [3.05, 3.63) is 129 Å². The Morgan fingerprint density at radius 3 is 1.72 bits per heavy atom. The third-order valence-corrected chi connectivity index (χ3v) is 9.82. The van der Waals surface area contributed by atoms with E-state index in [9.17, 15) is 5.11 Å². The molecule has 0 aliphatic heterocycles. The van der Waals surface area contributed by atoms with Crippen LogP contribution in [0.3, 0.4) is 0 Å². The smallest absolute Gasteiger partial charge is 0.126 e. The van der Waals surface area contributed by atoms with Crippen LogP contribution in [-0.2, 0) is 23.2 Å². The highest BCUT2D eigenvalue weighted by atomic mass is 35.5. The van der Waals surface area contributed by atoms with Crippen molar-refractivity contribution in [1.82, 2.24) is 0 Å². The quantitative estimate of drug-likeness (QED) is 0.178.